The highest BCUT2D eigenvalue weighted by Gasteiger charge is 2.13. The van der Waals surface area contributed by atoms with E-state index in [-0.39, 0.29) is 0 Å². The van der Waals surface area contributed by atoms with Gasteiger partial charge in [0.1, 0.15) is 18.1 Å². The quantitative estimate of drug-likeness (QED) is 0.720. The van der Waals surface area contributed by atoms with Gasteiger partial charge in [-0.15, -0.1) is 0 Å². The Balaban J connectivity index is 2.17. The second kappa shape index (κ2) is 7.27. The summed E-state index contributed by atoms with van der Waals surface area (Å²) in [7, 11) is 1.66. The van der Waals surface area contributed by atoms with Crippen molar-refractivity contribution in [1.82, 2.24) is 5.32 Å². The molecule has 1 N–H and O–H groups in total. The normalized spacial score (nSPS) is 11.3. The standard InChI is InChI=1S/C15H25NO2/c1-5-15(2,3)12-16-10-11-18-14-8-6-13(17-4)7-9-14/h6-9,16H,5,10-12H2,1-4H3. The monoisotopic (exact) mass is 251 g/mol. The molecule has 0 saturated heterocycles. The highest BCUT2D eigenvalue weighted by Crippen LogP contribution is 2.18. The van der Waals surface area contributed by atoms with Crippen molar-refractivity contribution in [2.75, 3.05) is 26.8 Å². The van der Waals surface area contributed by atoms with Gasteiger partial charge in [0.2, 0.25) is 0 Å². The zero-order valence-electron chi connectivity index (χ0n) is 12.0. The maximum atomic E-state index is 5.64. The van der Waals surface area contributed by atoms with Crippen LogP contribution in [0.15, 0.2) is 24.3 Å². The third kappa shape index (κ3) is 5.41. The Morgan fingerprint density at radius 3 is 2.28 bits per heavy atom. The second-order valence-electron chi connectivity index (χ2n) is 5.22. The molecule has 3 nitrogen and oxygen atoms in total. The highest BCUT2D eigenvalue weighted by atomic mass is 16.5. The van der Waals surface area contributed by atoms with Gasteiger partial charge in [-0.25, -0.2) is 0 Å². The average Bonchev–Trinajstić information content (AvgIpc) is 2.39. The minimum Gasteiger partial charge on any atom is -0.497 e. The Morgan fingerprint density at radius 1 is 1.11 bits per heavy atom. The number of methoxy groups -OCH3 is 1. The minimum absolute atomic E-state index is 0.361. The van der Waals surface area contributed by atoms with Crippen LogP contribution in [0.2, 0.25) is 0 Å². The van der Waals surface area contributed by atoms with Crippen molar-refractivity contribution < 1.29 is 9.47 Å². The molecule has 18 heavy (non-hydrogen) atoms. The Kier molecular flexibility index (Phi) is 5.99. The Morgan fingerprint density at radius 2 is 1.72 bits per heavy atom. The molecule has 102 valence electrons. The summed E-state index contributed by atoms with van der Waals surface area (Å²) in [4.78, 5) is 0. The molecule has 0 saturated carbocycles. The van der Waals surface area contributed by atoms with Gasteiger partial charge in [0.15, 0.2) is 0 Å². The van der Waals surface area contributed by atoms with E-state index in [0.29, 0.717) is 12.0 Å². The summed E-state index contributed by atoms with van der Waals surface area (Å²) in [6, 6.07) is 7.66. The number of hydrogen-bond acceptors (Lipinski definition) is 3. The van der Waals surface area contributed by atoms with E-state index in [1.807, 2.05) is 24.3 Å². The Labute approximate surface area is 110 Å². The lowest BCUT2D eigenvalue weighted by Crippen LogP contribution is -2.31. The molecule has 0 fully saturated rings. The van der Waals surface area contributed by atoms with Crippen molar-refractivity contribution in [2.24, 2.45) is 5.41 Å². The summed E-state index contributed by atoms with van der Waals surface area (Å²) in [5.74, 6) is 1.73. The van der Waals surface area contributed by atoms with Crippen LogP contribution >= 0.6 is 0 Å². The summed E-state index contributed by atoms with van der Waals surface area (Å²) >= 11 is 0. The van der Waals surface area contributed by atoms with Crippen LogP contribution in [0.1, 0.15) is 27.2 Å². The third-order valence-corrected chi connectivity index (χ3v) is 3.17. The van der Waals surface area contributed by atoms with Gasteiger partial charge in [-0.2, -0.15) is 0 Å². The van der Waals surface area contributed by atoms with Gasteiger partial charge in [-0.3, -0.25) is 0 Å². The van der Waals surface area contributed by atoms with Crippen LogP contribution in [0.5, 0.6) is 11.5 Å². The molecular formula is C15H25NO2. The van der Waals surface area contributed by atoms with Gasteiger partial charge < -0.3 is 14.8 Å². The fourth-order valence-electron chi connectivity index (χ4n) is 1.46. The van der Waals surface area contributed by atoms with E-state index in [2.05, 4.69) is 26.1 Å². The number of rotatable bonds is 8. The molecule has 0 amide bonds. The second-order valence-corrected chi connectivity index (χ2v) is 5.22. The number of hydrogen-bond donors (Lipinski definition) is 1. The first-order chi connectivity index (χ1) is 8.57. The SMILES string of the molecule is CCC(C)(C)CNCCOc1ccc(OC)cc1. The number of nitrogens with one attached hydrogen (secondary N) is 1. The minimum atomic E-state index is 0.361. The Hall–Kier alpha value is -1.22. The zero-order chi connectivity index (χ0) is 13.4. The van der Waals surface area contributed by atoms with Crippen molar-refractivity contribution in [1.29, 1.82) is 0 Å². The maximum absolute atomic E-state index is 5.64. The van der Waals surface area contributed by atoms with E-state index >= 15 is 0 Å². The van der Waals surface area contributed by atoms with E-state index in [9.17, 15) is 0 Å². The van der Waals surface area contributed by atoms with Crippen LogP contribution < -0.4 is 14.8 Å². The predicted molar refractivity (Wildman–Crippen MR) is 75.4 cm³/mol. The van der Waals surface area contributed by atoms with E-state index in [1.54, 1.807) is 7.11 Å². The molecule has 0 aromatic heterocycles. The summed E-state index contributed by atoms with van der Waals surface area (Å²) in [6.45, 7) is 9.33. The molecule has 0 aliphatic heterocycles. The molecule has 1 rings (SSSR count). The summed E-state index contributed by atoms with van der Waals surface area (Å²) in [6.07, 6.45) is 1.18. The first kappa shape index (κ1) is 14.8. The fraction of sp³-hybridized carbons (Fsp3) is 0.600. The lowest BCUT2D eigenvalue weighted by molar-refractivity contribution is 0.283. The van der Waals surface area contributed by atoms with Crippen LogP contribution in [0.4, 0.5) is 0 Å². The van der Waals surface area contributed by atoms with Crippen molar-refractivity contribution in [3.05, 3.63) is 24.3 Å². The van der Waals surface area contributed by atoms with Crippen molar-refractivity contribution >= 4 is 0 Å². The molecule has 0 atom stereocenters. The molecule has 1 aromatic rings. The first-order valence-corrected chi connectivity index (χ1v) is 6.55. The molecule has 0 spiro atoms. The molecule has 0 heterocycles. The van der Waals surface area contributed by atoms with Crippen molar-refractivity contribution in [3.8, 4) is 11.5 Å². The molecule has 0 bridgehead atoms. The van der Waals surface area contributed by atoms with Crippen LogP contribution in [-0.4, -0.2) is 26.8 Å². The predicted octanol–water partition coefficient (Wildman–Crippen LogP) is 3.10. The lowest BCUT2D eigenvalue weighted by Gasteiger charge is -2.22. The van der Waals surface area contributed by atoms with Crippen LogP contribution in [0.25, 0.3) is 0 Å². The van der Waals surface area contributed by atoms with E-state index < -0.39 is 0 Å². The summed E-state index contributed by atoms with van der Waals surface area (Å²) in [5, 5.41) is 3.42. The molecule has 0 radical (unpaired) electrons. The number of benzene rings is 1. The van der Waals surface area contributed by atoms with Gasteiger partial charge in [0.25, 0.3) is 0 Å². The van der Waals surface area contributed by atoms with Crippen LogP contribution in [0.3, 0.4) is 0 Å². The van der Waals surface area contributed by atoms with Crippen molar-refractivity contribution in [2.45, 2.75) is 27.2 Å². The largest absolute Gasteiger partial charge is 0.497 e. The highest BCUT2D eigenvalue weighted by molar-refractivity contribution is 5.31. The molecule has 3 heteroatoms. The van der Waals surface area contributed by atoms with Gasteiger partial charge in [0, 0.05) is 13.1 Å². The van der Waals surface area contributed by atoms with Crippen LogP contribution in [-0.2, 0) is 0 Å². The van der Waals surface area contributed by atoms with Crippen LogP contribution in [0, 0.1) is 5.41 Å². The maximum Gasteiger partial charge on any atom is 0.119 e. The molecule has 1 aromatic carbocycles. The molecular weight excluding hydrogens is 226 g/mol. The average molecular weight is 251 g/mol. The third-order valence-electron chi connectivity index (χ3n) is 3.17. The first-order valence-electron chi connectivity index (χ1n) is 6.55. The van der Waals surface area contributed by atoms with E-state index in [4.69, 9.17) is 9.47 Å². The van der Waals surface area contributed by atoms with E-state index in [0.717, 1.165) is 24.6 Å². The molecule has 0 aliphatic carbocycles. The summed E-state index contributed by atoms with van der Waals surface area (Å²) in [5.41, 5.74) is 0.361. The number of ether oxygens (including phenoxy) is 2. The smallest absolute Gasteiger partial charge is 0.119 e. The van der Waals surface area contributed by atoms with Gasteiger partial charge in [-0.1, -0.05) is 20.8 Å². The van der Waals surface area contributed by atoms with Gasteiger partial charge >= 0.3 is 0 Å². The zero-order valence-corrected chi connectivity index (χ0v) is 12.0. The molecule has 0 unspecified atom stereocenters. The lowest BCUT2D eigenvalue weighted by atomic mass is 9.90. The van der Waals surface area contributed by atoms with Gasteiger partial charge in [0.05, 0.1) is 7.11 Å². The fourth-order valence-corrected chi connectivity index (χ4v) is 1.46. The van der Waals surface area contributed by atoms with E-state index in [1.165, 1.54) is 6.42 Å². The topological polar surface area (TPSA) is 30.5 Å². The van der Waals surface area contributed by atoms with Crippen molar-refractivity contribution in [3.63, 3.8) is 0 Å². The Bertz CT molecular complexity index is 333. The summed E-state index contributed by atoms with van der Waals surface area (Å²) < 4.78 is 10.7. The molecule has 0 aliphatic rings. The van der Waals surface area contributed by atoms with Gasteiger partial charge in [-0.05, 0) is 36.1 Å².